The van der Waals surface area contributed by atoms with Crippen LogP contribution in [0.25, 0.3) is 0 Å². The predicted octanol–water partition coefficient (Wildman–Crippen LogP) is 2.37. The molecular weight excluding hydrogens is 354 g/mol. The van der Waals surface area contributed by atoms with Crippen LogP contribution in [0.5, 0.6) is 11.5 Å². The molecule has 4 rings (SSSR count). The molecule has 1 atom stereocenters. The van der Waals surface area contributed by atoms with Crippen LogP contribution >= 0.6 is 11.3 Å². The zero-order chi connectivity index (χ0) is 18.1. The minimum absolute atomic E-state index is 0.117. The molecule has 2 amide bonds. The van der Waals surface area contributed by atoms with Gasteiger partial charge in [0.05, 0.1) is 12.2 Å². The Morgan fingerprint density at radius 2 is 2.15 bits per heavy atom. The Morgan fingerprint density at radius 1 is 1.31 bits per heavy atom. The molecule has 2 aliphatic rings. The monoisotopic (exact) mass is 373 g/mol. The fourth-order valence-electron chi connectivity index (χ4n) is 3.06. The van der Waals surface area contributed by atoms with E-state index in [1.165, 1.54) is 16.2 Å². The SMILES string of the molecule is C[C@@H]1CCc2nc(NC(=O)CNC(=O)c3ccc4c(c3)OCO4)sc2C1. The number of carbonyl (C=O) groups excluding carboxylic acids is 2. The number of ether oxygens (including phenoxy) is 2. The first-order valence-corrected chi connectivity index (χ1v) is 9.36. The van der Waals surface area contributed by atoms with Gasteiger partial charge in [0.1, 0.15) is 0 Å². The Bertz CT molecular complexity index is 864. The molecule has 1 aromatic heterocycles. The predicted molar refractivity (Wildman–Crippen MR) is 96.8 cm³/mol. The molecule has 0 spiro atoms. The second-order valence-electron chi connectivity index (χ2n) is 6.54. The Labute approximate surface area is 154 Å². The number of aromatic nitrogens is 1. The maximum Gasteiger partial charge on any atom is 0.251 e. The number of amides is 2. The Morgan fingerprint density at radius 3 is 3.04 bits per heavy atom. The molecule has 2 heterocycles. The molecule has 0 saturated carbocycles. The molecule has 136 valence electrons. The van der Waals surface area contributed by atoms with Gasteiger partial charge >= 0.3 is 0 Å². The highest BCUT2D eigenvalue weighted by molar-refractivity contribution is 7.15. The molecule has 1 aromatic carbocycles. The maximum atomic E-state index is 12.2. The number of rotatable bonds is 4. The van der Waals surface area contributed by atoms with Gasteiger partial charge in [-0.3, -0.25) is 9.59 Å². The van der Waals surface area contributed by atoms with E-state index in [0.717, 1.165) is 25.0 Å². The summed E-state index contributed by atoms with van der Waals surface area (Å²) in [6, 6.07) is 4.92. The zero-order valence-electron chi connectivity index (χ0n) is 14.3. The van der Waals surface area contributed by atoms with Crippen LogP contribution in [0, 0.1) is 5.92 Å². The molecule has 7 nitrogen and oxygen atoms in total. The summed E-state index contributed by atoms with van der Waals surface area (Å²) < 4.78 is 10.5. The number of fused-ring (bicyclic) bond motifs is 2. The third kappa shape index (κ3) is 3.50. The highest BCUT2D eigenvalue weighted by Gasteiger charge is 2.21. The molecule has 0 bridgehead atoms. The molecule has 2 N–H and O–H groups in total. The standard InChI is InChI=1S/C18H19N3O4S/c1-10-2-4-12-15(6-10)26-18(20-12)21-16(22)8-19-17(23)11-3-5-13-14(7-11)25-9-24-13/h3,5,7,10H,2,4,6,8-9H2,1H3,(H,19,23)(H,20,21,22)/t10-/m1/s1. The molecule has 0 saturated heterocycles. The normalized spacial score (nSPS) is 17.5. The maximum absolute atomic E-state index is 12.2. The van der Waals surface area contributed by atoms with Crippen molar-refractivity contribution in [2.75, 3.05) is 18.7 Å². The van der Waals surface area contributed by atoms with Crippen molar-refractivity contribution in [2.45, 2.75) is 26.2 Å². The van der Waals surface area contributed by atoms with Gasteiger partial charge in [-0.1, -0.05) is 6.92 Å². The summed E-state index contributed by atoms with van der Waals surface area (Å²) in [5.74, 6) is 1.17. The fraction of sp³-hybridized carbons (Fsp3) is 0.389. The molecule has 1 aliphatic heterocycles. The van der Waals surface area contributed by atoms with Crippen molar-refractivity contribution in [3.8, 4) is 11.5 Å². The second-order valence-corrected chi connectivity index (χ2v) is 7.62. The minimum atomic E-state index is -0.342. The lowest BCUT2D eigenvalue weighted by Gasteiger charge is -2.15. The quantitative estimate of drug-likeness (QED) is 0.859. The van der Waals surface area contributed by atoms with Crippen molar-refractivity contribution in [1.29, 1.82) is 0 Å². The van der Waals surface area contributed by atoms with Crippen molar-refractivity contribution in [3.63, 3.8) is 0 Å². The summed E-state index contributed by atoms with van der Waals surface area (Å²) in [4.78, 5) is 30.1. The van der Waals surface area contributed by atoms with Crippen molar-refractivity contribution >= 4 is 28.3 Å². The van der Waals surface area contributed by atoms with Gasteiger partial charge in [0.2, 0.25) is 12.7 Å². The highest BCUT2D eigenvalue weighted by Crippen LogP contribution is 2.33. The average Bonchev–Trinajstić information content (AvgIpc) is 3.24. The van der Waals surface area contributed by atoms with Crippen molar-refractivity contribution in [1.82, 2.24) is 10.3 Å². The molecule has 8 heteroatoms. The highest BCUT2D eigenvalue weighted by atomic mass is 32.1. The number of anilines is 1. The number of nitrogens with one attached hydrogen (secondary N) is 2. The van der Waals surface area contributed by atoms with Gasteiger partial charge in [-0.05, 0) is 43.4 Å². The van der Waals surface area contributed by atoms with E-state index < -0.39 is 0 Å². The van der Waals surface area contributed by atoms with E-state index in [2.05, 4.69) is 22.5 Å². The Balaban J connectivity index is 1.32. The molecule has 1 aliphatic carbocycles. The number of hydrogen-bond acceptors (Lipinski definition) is 6. The lowest BCUT2D eigenvalue weighted by Crippen LogP contribution is -2.32. The van der Waals surface area contributed by atoms with Crippen LogP contribution in [0.2, 0.25) is 0 Å². The van der Waals surface area contributed by atoms with Gasteiger partial charge in [-0.25, -0.2) is 4.98 Å². The average molecular weight is 373 g/mol. The van der Waals surface area contributed by atoms with E-state index in [1.807, 2.05) is 0 Å². The summed E-state index contributed by atoms with van der Waals surface area (Å²) in [6.45, 7) is 2.26. The van der Waals surface area contributed by atoms with Gasteiger partial charge in [-0.2, -0.15) is 0 Å². The Hall–Kier alpha value is -2.61. The molecule has 0 unspecified atom stereocenters. The first-order chi connectivity index (χ1) is 12.6. The minimum Gasteiger partial charge on any atom is -0.454 e. The molecule has 0 radical (unpaired) electrons. The van der Waals surface area contributed by atoms with Crippen LogP contribution in [0.15, 0.2) is 18.2 Å². The van der Waals surface area contributed by atoms with Gasteiger partial charge in [0, 0.05) is 10.4 Å². The number of aryl methyl sites for hydroxylation is 1. The summed E-state index contributed by atoms with van der Waals surface area (Å²) in [7, 11) is 0. The topological polar surface area (TPSA) is 89.6 Å². The summed E-state index contributed by atoms with van der Waals surface area (Å²) in [5, 5.41) is 5.98. The number of carbonyl (C=O) groups is 2. The number of benzene rings is 1. The van der Waals surface area contributed by atoms with Crippen molar-refractivity contribution in [3.05, 3.63) is 34.3 Å². The van der Waals surface area contributed by atoms with Gasteiger partial charge in [0.25, 0.3) is 5.91 Å². The van der Waals surface area contributed by atoms with Crippen LogP contribution in [0.3, 0.4) is 0 Å². The van der Waals surface area contributed by atoms with Crippen molar-refractivity contribution in [2.24, 2.45) is 5.92 Å². The van der Waals surface area contributed by atoms with E-state index in [9.17, 15) is 9.59 Å². The number of hydrogen-bond donors (Lipinski definition) is 2. The fourth-order valence-corrected chi connectivity index (χ4v) is 4.24. The number of nitrogens with zero attached hydrogens (tertiary/aromatic N) is 1. The van der Waals surface area contributed by atoms with Crippen LogP contribution in [0.1, 0.15) is 34.3 Å². The largest absolute Gasteiger partial charge is 0.454 e. The van der Waals surface area contributed by atoms with Crippen LogP contribution in [-0.2, 0) is 17.6 Å². The molecule has 0 fully saturated rings. The molecule has 2 aromatic rings. The van der Waals surface area contributed by atoms with Gasteiger partial charge < -0.3 is 20.1 Å². The van der Waals surface area contributed by atoms with E-state index in [0.29, 0.717) is 28.1 Å². The summed E-state index contributed by atoms with van der Waals surface area (Å²) in [5.41, 5.74) is 1.51. The zero-order valence-corrected chi connectivity index (χ0v) is 15.1. The van der Waals surface area contributed by atoms with E-state index in [-0.39, 0.29) is 25.2 Å². The summed E-state index contributed by atoms with van der Waals surface area (Å²) in [6.07, 6.45) is 3.11. The van der Waals surface area contributed by atoms with Crippen LogP contribution < -0.4 is 20.1 Å². The lowest BCUT2D eigenvalue weighted by atomic mass is 9.93. The van der Waals surface area contributed by atoms with Crippen LogP contribution in [0.4, 0.5) is 5.13 Å². The first-order valence-electron chi connectivity index (χ1n) is 8.55. The third-order valence-electron chi connectivity index (χ3n) is 4.48. The summed E-state index contributed by atoms with van der Waals surface area (Å²) >= 11 is 1.53. The van der Waals surface area contributed by atoms with Gasteiger partial charge in [0.15, 0.2) is 16.6 Å². The lowest BCUT2D eigenvalue weighted by molar-refractivity contribution is -0.115. The third-order valence-corrected chi connectivity index (χ3v) is 5.51. The first kappa shape index (κ1) is 16.8. The van der Waals surface area contributed by atoms with E-state index in [1.54, 1.807) is 18.2 Å². The van der Waals surface area contributed by atoms with Crippen molar-refractivity contribution < 1.29 is 19.1 Å². The van der Waals surface area contributed by atoms with E-state index >= 15 is 0 Å². The van der Waals surface area contributed by atoms with E-state index in [4.69, 9.17) is 9.47 Å². The van der Waals surface area contributed by atoms with Gasteiger partial charge in [-0.15, -0.1) is 11.3 Å². The second kappa shape index (κ2) is 6.95. The smallest absolute Gasteiger partial charge is 0.251 e. The molecule has 26 heavy (non-hydrogen) atoms. The van der Waals surface area contributed by atoms with Crippen LogP contribution in [-0.4, -0.2) is 30.1 Å². The number of thiazole rings is 1. The Kier molecular flexibility index (Phi) is 4.50. The molecular formula is C18H19N3O4S.